The molecule has 0 aliphatic heterocycles. The molecule has 0 radical (unpaired) electrons. The van der Waals surface area contributed by atoms with E-state index in [-0.39, 0.29) is 11.7 Å². The smallest absolute Gasteiger partial charge is 0.287 e. The Bertz CT molecular complexity index is 669. The Balaban J connectivity index is 1.93. The molecule has 0 aliphatic rings. The lowest BCUT2D eigenvalue weighted by molar-refractivity contribution is -0.117. The Kier molecular flexibility index (Phi) is 4.36. The van der Waals surface area contributed by atoms with Crippen molar-refractivity contribution in [2.75, 3.05) is 5.32 Å². The average molecular weight is 283 g/mol. The first-order chi connectivity index (χ1) is 10.1. The zero-order chi connectivity index (χ0) is 15.2. The van der Waals surface area contributed by atoms with Gasteiger partial charge in [-0.1, -0.05) is 0 Å². The van der Waals surface area contributed by atoms with Crippen molar-refractivity contribution in [3.8, 4) is 6.07 Å². The molecular formula is C15H13N3O3. The van der Waals surface area contributed by atoms with E-state index in [1.54, 1.807) is 37.3 Å². The van der Waals surface area contributed by atoms with Crippen LogP contribution in [-0.2, 0) is 4.79 Å². The molecule has 1 atom stereocenters. The van der Waals surface area contributed by atoms with Gasteiger partial charge < -0.3 is 15.1 Å². The molecule has 6 heteroatoms. The number of nitrogens with zero attached hydrogens (tertiary/aromatic N) is 1. The Morgan fingerprint density at radius 3 is 2.52 bits per heavy atom. The molecule has 1 heterocycles. The van der Waals surface area contributed by atoms with Crippen molar-refractivity contribution >= 4 is 17.5 Å². The number of hydrogen-bond donors (Lipinski definition) is 2. The van der Waals surface area contributed by atoms with E-state index in [0.29, 0.717) is 11.3 Å². The number of furan rings is 1. The van der Waals surface area contributed by atoms with Crippen LogP contribution in [0.15, 0.2) is 47.1 Å². The minimum absolute atomic E-state index is 0.146. The van der Waals surface area contributed by atoms with Crippen LogP contribution in [-0.4, -0.2) is 17.9 Å². The van der Waals surface area contributed by atoms with Gasteiger partial charge in [0.1, 0.15) is 6.04 Å². The number of nitrogens with one attached hydrogen (secondary N) is 2. The summed E-state index contributed by atoms with van der Waals surface area (Å²) < 4.78 is 4.95. The average Bonchev–Trinajstić information content (AvgIpc) is 3.02. The summed E-state index contributed by atoms with van der Waals surface area (Å²) >= 11 is 0. The molecule has 106 valence electrons. The lowest BCUT2D eigenvalue weighted by Crippen LogP contribution is -2.41. The normalized spacial score (nSPS) is 11.2. The van der Waals surface area contributed by atoms with E-state index in [2.05, 4.69) is 10.6 Å². The van der Waals surface area contributed by atoms with Gasteiger partial charge in [0.05, 0.1) is 17.9 Å². The van der Waals surface area contributed by atoms with Gasteiger partial charge in [0.2, 0.25) is 5.91 Å². The monoisotopic (exact) mass is 283 g/mol. The van der Waals surface area contributed by atoms with E-state index in [9.17, 15) is 9.59 Å². The van der Waals surface area contributed by atoms with Gasteiger partial charge in [-0.25, -0.2) is 0 Å². The van der Waals surface area contributed by atoms with Crippen molar-refractivity contribution in [1.82, 2.24) is 5.32 Å². The molecule has 0 unspecified atom stereocenters. The van der Waals surface area contributed by atoms with Crippen LogP contribution in [0.2, 0.25) is 0 Å². The number of benzene rings is 1. The van der Waals surface area contributed by atoms with Crippen LogP contribution in [0.4, 0.5) is 5.69 Å². The third-order valence-corrected chi connectivity index (χ3v) is 2.77. The summed E-state index contributed by atoms with van der Waals surface area (Å²) in [6.07, 6.45) is 1.39. The maximum atomic E-state index is 12.0. The summed E-state index contributed by atoms with van der Waals surface area (Å²) in [6, 6.07) is 10.8. The SMILES string of the molecule is C[C@H](NC(=O)c1ccco1)C(=O)Nc1ccc(C#N)cc1. The van der Waals surface area contributed by atoms with Gasteiger partial charge in [0.15, 0.2) is 5.76 Å². The van der Waals surface area contributed by atoms with Crippen LogP contribution < -0.4 is 10.6 Å². The van der Waals surface area contributed by atoms with Gasteiger partial charge >= 0.3 is 0 Å². The quantitative estimate of drug-likeness (QED) is 0.896. The van der Waals surface area contributed by atoms with Gasteiger partial charge in [0.25, 0.3) is 5.91 Å². The Labute approximate surface area is 121 Å². The molecule has 2 aromatic rings. The highest BCUT2D eigenvalue weighted by Crippen LogP contribution is 2.09. The number of amides is 2. The lowest BCUT2D eigenvalue weighted by Gasteiger charge is -2.13. The fraction of sp³-hybridized carbons (Fsp3) is 0.133. The zero-order valence-electron chi connectivity index (χ0n) is 11.3. The number of anilines is 1. The van der Waals surface area contributed by atoms with Gasteiger partial charge in [-0.15, -0.1) is 0 Å². The summed E-state index contributed by atoms with van der Waals surface area (Å²) in [7, 11) is 0. The van der Waals surface area contributed by atoms with Gasteiger partial charge in [-0.2, -0.15) is 5.26 Å². The molecule has 2 N–H and O–H groups in total. The predicted octanol–water partition coefficient (Wildman–Crippen LogP) is 1.91. The molecular weight excluding hydrogens is 270 g/mol. The summed E-state index contributed by atoms with van der Waals surface area (Å²) in [4.78, 5) is 23.7. The van der Waals surface area contributed by atoms with Gasteiger partial charge in [-0.3, -0.25) is 9.59 Å². The molecule has 0 aliphatic carbocycles. The van der Waals surface area contributed by atoms with Gasteiger partial charge in [0, 0.05) is 5.69 Å². The van der Waals surface area contributed by atoms with Crippen LogP contribution in [0.5, 0.6) is 0 Å². The molecule has 21 heavy (non-hydrogen) atoms. The molecule has 0 spiro atoms. The van der Waals surface area contributed by atoms with Crippen molar-refractivity contribution < 1.29 is 14.0 Å². The van der Waals surface area contributed by atoms with Crippen molar-refractivity contribution in [2.45, 2.75) is 13.0 Å². The second-order valence-corrected chi connectivity index (χ2v) is 4.35. The Morgan fingerprint density at radius 1 is 1.24 bits per heavy atom. The summed E-state index contributed by atoms with van der Waals surface area (Å²) in [5.41, 5.74) is 1.06. The molecule has 0 fully saturated rings. The van der Waals surface area contributed by atoms with E-state index in [1.807, 2.05) is 6.07 Å². The maximum Gasteiger partial charge on any atom is 0.287 e. The highest BCUT2D eigenvalue weighted by atomic mass is 16.3. The summed E-state index contributed by atoms with van der Waals surface area (Å²) in [6.45, 7) is 1.57. The first-order valence-corrected chi connectivity index (χ1v) is 6.25. The van der Waals surface area contributed by atoms with E-state index in [0.717, 1.165) is 0 Å². The van der Waals surface area contributed by atoms with Crippen molar-refractivity contribution in [2.24, 2.45) is 0 Å². The predicted molar refractivity (Wildman–Crippen MR) is 75.4 cm³/mol. The van der Waals surface area contributed by atoms with Crippen LogP contribution in [0.25, 0.3) is 0 Å². The Hall–Kier alpha value is -3.07. The highest BCUT2D eigenvalue weighted by molar-refractivity contribution is 5.99. The minimum Gasteiger partial charge on any atom is -0.459 e. The summed E-state index contributed by atoms with van der Waals surface area (Å²) in [5.74, 6) is -0.671. The van der Waals surface area contributed by atoms with Crippen LogP contribution >= 0.6 is 0 Å². The minimum atomic E-state index is -0.724. The zero-order valence-corrected chi connectivity index (χ0v) is 11.3. The molecule has 1 aromatic heterocycles. The molecule has 2 amide bonds. The van der Waals surface area contributed by atoms with E-state index < -0.39 is 11.9 Å². The Morgan fingerprint density at radius 2 is 1.95 bits per heavy atom. The second-order valence-electron chi connectivity index (χ2n) is 4.35. The maximum absolute atomic E-state index is 12.0. The van der Waals surface area contributed by atoms with Crippen molar-refractivity contribution in [3.63, 3.8) is 0 Å². The third-order valence-electron chi connectivity index (χ3n) is 2.77. The molecule has 6 nitrogen and oxygen atoms in total. The molecule has 0 bridgehead atoms. The molecule has 0 saturated carbocycles. The number of nitriles is 1. The van der Waals surface area contributed by atoms with E-state index in [4.69, 9.17) is 9.68 Å². The van der Waals surface area contributed by atoms with Crippen LogP contribution in [0, 0.1) is 11.3 Å². The fourth-order valence-corrected chi connectivity index (χ4v) is 1.62. The van der Waals surface area contributed by atoms with Crippen molar-refractivity contribution in [1.29, 1.82) is 5.26 Å². The van der Waals surface area contributed by atoms with Crippen LogP contribution in [0.1, 0.15) is 23.0 Å². The third kappa shape index (κ3) is 3.70. The standard InChI is InChI=1S/C15H13N3O3/c1-10(17-15(20)13-3-2-8-21-13)14(19)18-12-6-4-11(9-16)5-7-12/h2-8,10H,1H3,(H,17,20)(H,18,19)/t10-/m0/s1. The van der Waals surface area contributed by atoms with Gasteiger partial charge in [-0.05, 0) is 43.3 Å². The first kappa shape index (κ1) is 14.3. The van der Waals surface area contributed by atoms with Crippen molar-refractivity contribution in [3.05, 3.63) is 54.0 Å². The second kappa shape index (κ2) is 6.39. The first-order valence-electron chi connectivity index (χ1n) is 6.25. The topological polar surface area (TPSA) is 95.1 Å². The number of hydrogen-bond acceptors (Lipinski definition) is 4. The fourth-order valence-electron chi connectivity index (χ4n) is 1.62. The van der Waals surface area contributed by atoms with E-state index >= 15 is 0 Å². The lowest BCUT2D eigenvalue weighted by atomic mass is 10.2. The molecule has 1 aromatic carbocycles. The largest absolute Gasteiger partial charge is 0.459 e. The summed E-state index contributed by atoms with van der Waals surface area (Å²) in [5, 5.41) is 13.9. The van der Waals surface area contributed by atoms with E-state index in [1.165, 1.54) is 12.3 Å². The number of rotatable bonds is 4. The van der Waals surface area contributed by atoms with Crippen LogP contribution in [0.3, 0.4) is 0 Å². The number of carbonyl (C=O) groups is 2. The molecule has 2 rings (SSSR count). The number of carbonyl (C=O) groups excluding carboxylic acids is 2. The highest BCUT2D eigenvalue weighted by Gasteiger charge is 2.18. The molecule has 0 saturated heterocycles.